The summed E-state index contributed by atoms with van der Waals surface area (Å²) in [6.07, 6.45) is 1.46. The zero-order valence-electron chi connectivity index (χ0n) is 19.8. The van der Waals surface area contributed by atoms with Gasteiger partial charge in [-0.05, 0) is 88.1 Å². The van der Waals surface area contributed by atoms with E-state index in [1.807, 2.05) is 30.3 Å². The van der Waals surface area contributed by atoms with E-state index in [9.17, 15) is 19.7 Å². The van der Waals surface area contributed by atoms with E-state index < -0.39 is 16.1 Å². The molecule has 2 heterocycles. The van der Waals surface area contributed by atoms with Crippen molar-refractivity contribution >= 4 is 58.0 Å². The number of carbonyl (C=O) groups excluding carboxylic acids is 2. The van der Waals surface area contributed by atoms with Crippen molar-refractivity contribution in [3.63, 3.8) is 0 Å². The van der Waals surface area contributed by atoms with Crippen molar-refractivity contribution < 1.29 is 19.2 Å². The molecule has 39 heavy (non-hydrogen) atoms. The molecule has 0 bridgehead atoms. The molecular weight excluding hydrogens is 564 g/mol. The highest BCUT2D eigenvalue weighted by molar-refractivity contribution is 8.18. The molecule has 1 aliphatic rings. The Morgan fingerprint density at radius 2 is 1.85 bits per heavy atom. The number of benzene rings is 3. The number of imide groups is 1. The summed E-state index contributed by atoms with van der Waals surface area (Å²) in [5, 5.41) is 24.0. The molecule has 0 spiro atoms. The van der Waals surface area contributed by atoms with Crippen LogP contribution in [-0.2, 0) is 4.79 Å². The van der Waals surface area contributed by atoms with Gasteiger partial charge in [0.05, 0.1) is 27.0 Å². The summed E-state index contributed by atoms with van der Waals surface area (Å²) in [6.45, 7) is 0.156. The average molecular weight is 581 g/mol. The zero-order valence-corrected chi connectivity index (χ0v) is 22.2. The topological polar surface area (TPSA) is 133 Å². The van der Waals surface area contributed by atoms with Crippen LogP contribution in [0.3, 0.4) is 0 Å². The van der Waals surface area contributed by atoms with Crippen molar-refractivity contribution in [1.82, 2.24) is 25.1 Å². The van der Waals surface area contributed by atoms with E-state index in [0.29, 0.717) is 32.1 Å². The second-order valence-electron chi connectivity index (χ2n) is 7.93. The van der Waals surface area contributed by atoms with Gasteiger partial charge < -0.3 is 4.74 Å². The fourth-order valence-electron chi connectivity index (χ4n) is 3.56. The highest BCUT2D eigenvalue weighted by Gasteiger charge is 2.35. The Bertz CT molecular complexity index is 1580. The summed E-state index contributed by atoms with van der Waals surface area (Å²) < 4.78 is 7.06. The number of ether oxygens (including phenoxy) is 1. The molecule has 196 valence electrons. The number of amides is 2. The summed E-state index contributed by atoms with van der Waals surface area (Å²) in [6, 6.07) is 20.4. The van der Waals surface area contributed by atoms with Crippen LogP contribution in [0, 0.1) is 10.1 Å². The number of rotatable bonds is 9. The Kier molecular flexibility index (Phi) is 7.91. The first-order valence-corrected chi connectivity index (χ1v) is 13.3. The fraction of sp³-hybridized carbons (Fsp3) is 0.0800. The Labute approximate surface area is 234 Å². The predicted molar refractivity (Wildman–Crippen MR) is 146 cm³/mol. The molecule has 0 unspecified atom stereocenters. The van der Waals surface area contributed by atoms with Crippen LogP contribution in [0.5, 0.6) is 5.75 Å². The fourth-order valence-corrected chi connectivity index (χ4v) is 5.42. The molecule has 1 aromatic heterocycles. The highest BCUT2D eigenvalue weighted by Crippen LogP contribution is 2.37. The van der Waals surface area contributed by atoms with Gasteiger partial charge in [0, 0.05) is 11.1 Å². The minimum atomic E-state index is -0.518. The molecule has 14 heteroatoms. The van der Waals surface area contributed by atoms with Gasteiger partial charge in [-0.15, -0.1) is 5.10 Å². The van der Waals surface area contributed by atoms with E-state index in [2.05, 4.69) is 15.5 Å². The first-order chi connectivity index (χ1) is 18.9. The number of hydrogen-bond donors (Lipinski definition) is 0. The summed E-state index contributed by atoms with van der Waals surface area (Å²) in [5.74, 6) is 0.0674. The number of aromatic nitrogens is 4. The molecule has 11 nitrogen and oxygen atoms in total. The Morgan fingerprint density at radius 3 is 2.59 bits per heavy atom. The summed E-state index contributed by atoms with van der Waals surface area (Å²) >= 11 is 7.66. The number of nitro benzene ring substituents is 1. The smallest absolute Gasteiger partial charge is 0.293 e. The molecule has 2 amide bonds. The zero-order chi connectivity index (χ0) is 27.4. The minimum Gasteiger partial charge on any atom is -0.492 e. The van der Waals surface area contributed by atoms with E-state index in [4.69, 9.17) is 16.3 Å². The van der Waals surface area contributed by atoms with Gasteiger partial charge in [-0.2, -0.15) is 4.68 Å². The van der Waals surface area contributed by atoms with Gasteiger partial charge in [0.25, 0.3) is 16.8 Å². The number of halogens is 1. The third kappa shape index (κ3) is 6.11. The quantitative estimate of drug-likeness (QED) is 0.142. The molecule has 0 N–H and O–H groups in total. The monoisotopic (exact) mass is 580 g/mol. The maximum Gasteiger partial charge on any atom is 0.293 e. The maximum atomic E-state index is 12.9. The van der Waals surface area contributed by atoms with Crippen LogP contribution in [0.2, 0.25) is 5.02 Å². The Balaban J connectivity index is 1.30. The number of carbonyl (C=O) groups is 2. The van der Waals surface area contributed by atoms with E-state index in [-0.39, 0.29) is 23.7 Å². The normalized spacial score (nSPS) is 14.3. The molecule has 1 saturated heterocycles. The lowest BCUT2D eigenvalue weighted by Crippen LogP contribution is -2.32. The van der Waals surface area contributed by atoms with Crippen molar-refractivity contribution in [3.05, 3.63) is 98.4 Å². The highest BCUT2D eigenvalue weighted by atomic mass is 35.5. The molecule has 5 rings (SSSR count). The van der Waals surface area contributed by atoms with Crippen molar-refractivity contribution in [1.29, 1.82) is 0 Å². The second kappa shape index (κ2) is 11.7. The first kappa shape index (κ1) is 26.4. The lowest BCUT2D eigenvalue weighted by molar-refractivity contribution is -0.387. The average Bonchev–Trinajstić information content (AvgIpc) is 3.50. The summed E-state index contributed by atoms with van der Waals surface area (Å²) in [4.78, 5) is 38.2. The number of nitro groups is 1. The third-order valence-electron chi connectivity index (χ3n) is 5.39. The molecule has 4 aromatic rings. The van der Waals surface area contributed by atoms with Gasteiger partial charge in [-0.3, -0.25) is 24.6 Å². The van der Waals surface area contributed by atoms with Gasteiger partial charge in [0.1, 0.15) is 12.4 Å². The first-order valence-electron chi connectivity index (χ1n) is 11.3. The number of thioether (sulfide) groups is 1. The molecule has 1 aliphatic heterocycles. The van der Waals surface area contributed by atoms with Crippen LogP contribution in [0.1, 0.15) is 5.56 Å². The van der Waals surface area contributed by atoms with Gasteiger partial charge in [-0.25, -0.2) is 0 Å². The Morgan fingerprint density at radius 1 is 1.08 bits per heavy atom. The molecular formula is C25H17ClN6O5S2. The van der Waals surface area contributed by atoms with Gasteiger partial charge in [-0.1, -0.05) is 35.9 Å². The van der Waals surface area contributed by atoms with E-state index in [0.717, 1.165) is 28.4 Å². The predicted octanol–water partition coefficient (Wildman–Crippen LogP) is 5.49. The standard InChI is InChI=1S/C25H17ClN6O5S2/c26-17-7-9-19(10-8-17)37-13-12-30-23(33)22(39-25(30)34)15-16-6-11-21(20(14-16)32(35)36)38-24-27-28-29-31(24)18-4-2-1-3-5-18/h1-11,14-15H,12-13H2/b22-15-. The van der Waals surface area contributed by atoms with Crippen LogP contribution < -0.4 is 4.74 Å². The number of hydrogen-bond acceptors (Lipinski definition) is 10. The lowest BCUT2D eigenvalue weighted by Gasteiger charge is -2.13. The van der Waals surface area contributed by atoms with Crippen molar-refractivity contribution in [2.75, 3.05) is 13.2 Å². The largest absolute Gasteiger partial charge is 0.492 e. The summed E-state index contributed by atoms with van der Waals surface area (Å²) in [5.41, 5.74) is 0.919. The van der Waals surface area contributed by atoms with Gasteiger partial charge in [0.15, 0.2) is 0 Å². The molecule has 3 aromatic carbocycles. The van der Waals surface area contributed by atoms with E-state index >= 15 is 0 Å². The minimum absolute atomic E-state index is 0.0521. The molecule has 1 fully saturated rings. The number of tetrazole rings is 1. The molecule has 0 atom stereocenters. The van der Waals surface area contributed by atoms with Crippen molar-refractivity contribution in [2.24, 2.45) is 0 Å². The van der Waals surface area contributed by atoms with Crippen LogP contribution in [0.15, 0.2) is 87.8 Å². The second-order valence-corrected chi connectivity index (χ2v) is 10.4. The number of para-hydroxylation sites is 1. The maximum absolute atomic E-state index is 12.9. The lowest BCUT2D eigenvalue weighted by atomic mass is 10.2. The molecule has 0 aliphatic carbocycles. The van der Waals surface area contributed by atoms with E-state index in [1.165, 1.54) is 16.8 Å². The van der Waals surface area contributed by atoms with Crippen LogP contribution in [-0.4, -0.2) is 54.3 Å². The van der Waals surface area contributed by atoms with Crippen molar-refractivity contribution in [2.45, 2.75) is 10.1 Å². The number of nitrogens with zero attached hydrogens (tertiary/aromatic N) is 6. The van der Waals surface area contributed by atoms with Crippen LogP contribution in [0.4, 0.5) is 10.5 Å². The van der Waals surface area contributed by atoms with Crippen LogP contribution in [0.25, 0.3) is 11.8 Å². The van der Waals surface area contributed by atoms with Crippen LogP contribution >= 0.6 is 35.1 Å². The van der Waals surface area contributed by atoms with Gasteiger partial charge >= 0.3 is 0 Å². The Hall–Kier alpha value is -4.20. The molecule has 0 radical (unpaired) electrons. The SMILES string of the molecule is O=C1S/C(=C\c2ccc(Sc3nnnn3-c3ccccc3)c([N+](=O)[O-])c2)C(=O)N1CCOc1ccc(Cl)cc1. The van der Waals surface area contributed by atoms with E-state index in [1.54, 1.807) is 36.4 Å². The van der Waals surface area contributed by atoms with Crippen molar-refractivity contribution in [3.8, 4) is 11.4 Å². The summed E-state index contributed by atoms with van der Waals surface area (Å²) in [7, 11) is 0. The molecule has 0 saturated carbocycles. The third-order valence-corrected chi connectivity index (χ3v) is 7.55. The van der Waals surface area contributed by atoms with Gasteiger partial charge in [0.2, 0.25) is 5.16 Å².